The Morgan fingerprint density at radius 1 is 1.32 bits per heavy atom. The summed E-state index contributed by atoms with van der Waals surface area (Å²) >= 11 is 0. The first-order chi connectivity index (χ1) is 10.5. The largest absolute Gasteiger partial charge is 0.444 e. The normalized spacial score (nSPS) is 13.6. The maximum atomic E-state index is 12.0. The number of amides is 1. The summed E-state index contributed by atoms with van der Waals surface area (Å²) in [5.74, 6) is 0. The molecule has 3 rings (SSSR count). The van der Waals surface area contributed by atoms with Crippen molar-refractivity contribution in [1.82, 2.24) is 19.2 Å². The third kappa shape index (κ3) is 3.10. The van der Waals surface area contributed by atoms with Gasteiger partial charge < -0.3 is 10.1 Å². The lowest BCUT2D eigenvalue weighted by Crippen LogP contribution is -2.36. The molecule has 0 unspecified atom stereocenters. The average Bonchev–Trinajstić information content (AvgIpc) is 3.07. The Bertz CT molecular complexity index is 764. The minimum atomic E-state index is -4.09. The third-order valence-electron chi connectivity index (χ3n) is 3.14. The summed E-state index contributed by atoms with van der Waals surface area (Å²) in [4.78, 5) is 11.6. The van der Waals surface area contributed by atoms with Crippen molar-refractivity contribution in [2.75, 3.05) is 0 Å². The molecular formula is C13H14N4O4S. The Balaban J connectivity index is 1.62. The van der Waals surface area contributed by atoms with Gasteiger partial charge in [-0.3, -0.25) is 0 Å². The van der Waals surface area contributed by atoms with E-state index in [0.29, 0.717) is 18.8 Å². The summed E-state index contributed by atoms with van der Waals surface area (Å²) in [7, 11) is -4.09. The number of carbonyl (C=O) groups is 1. The lowest BCUT2D eigenvalue weighted by molar-refractivity contribution is 0.146. The second-order valence-electron chi connectivity index (χ2n) is 4.75. The number of hydrogen-bond donors (Lipinski definition) is 2. The number of carbonyl (C=O) groups excluding carboxylic acids is 1. The van der Waals surface area contributed by atoms with Gasteiger partial charge in [-0.1, -0.05) is 30.3 Å². The number of rotatable bonds is 4. The molecule has 1 amide bonds. The molecule has 116 valence electrons. The Morgan fingerprint density at radius 3 is 2.82 bits per heavy atom. The molecule has 0 aliphatic carbocycles. The molecule has 2 heterocycles. The van der Waals surface area contributed by atoms with Gasteiger partial charge in [0.15, 0.2) is 0 Å². The van der Waals surface area contributed by atoms with E-state index in [4.69, 9.17) is 4.74 Å². The SMILES string of the molecule is O=C(NS(=O)(=O)n1cc2c(n1)CNC2)OCc1ccccc1. The van der Waals surface area contributed by atoms with Crippen molar-refractivity contribution in [3.63, 3.8) is 0 Å². The van der Waals surface area contributed by atoms with Gasteiger partial charge in [0.2, 0.25) is 0 Å². The zero-order valence-electron chi connectivity index (χ0n) is 11.5. The van der Waals surface area contributed by atoms with Gasteiger partial charge in [-0.2, -0.15) is 18.2 Å². The maximum absolute atomic E-state index is 12.0. The van der Waals surface area contributed by atoms with Crippen molar-refractivity contribution < 1.29 is 17.9 Å². The van der Waals surface area contributed by atoms with Crippen LogP contribution in [0.2, 0.25) is 0 Å². The molecule has 22 heavy (non-hydrogen) atoms. The first kappa shape index (κ1) is 14.5. The molecule has 1 aliphatic heterocycles. The summed E-state index contributed by atoms with van der Waals surface area (Å²) < 4.78 is 31.5. The Morgan fingerprint density at radius 2 is 2.09 bits per heavy atom. The van der Waals surface area contributed by atoms with Gasteiger partial charge in [0, 0.05) is 24.8 Å². The predicted molar refractivity (Wildman–Crippen MR) is 76.9 cm³/mol. The van der Waals surface area contributed by atoms with Crippen molar-refractivity contribution in [3.05, 3.63) is 53.3 Å². The predicted octanol–water partition coefficient (Wildman–Crippen LogP) is 0.506. The van der Waals surface area contributed by atoms with Crippen LogP contribution in [0.5, 0.6) is 0 Å². The standard InChI is InChI=1S/C13H14N4O4S/c18-13(21-9-10-4-2-1-3-5-10)16-22(19,20)17-8-11-6-14-7-12(11)15-17/h1-5,8,14H,6-7,9H2,(H,16,18). The summed E-state index contributed by atoms with van der Waals surface area (Å²) in [6, 6.07) is 8.97. The van der Waals surface area contributed by atoms with Crippen LogP contribution >= 0.6 is 0 Å². The number of fused-ring (bicyclic) bond motifs is 1. The van der Waals surface area contributed by atoms with E-state index in [1.54, 1.807) is 24.3 Å². The van der Waals surface area contributed by atoms with E-state index in [1.807, 2.05) is 10.8 Å². The third-order valence-corrected chi connectivity index (χ3v) is 4.24. The number of aromatic nitrogens is 2. The van der Waals surface area contributed by atoms with E-state index >= 15 is 0 Å². The van der Waals surface area contributed by atoms with Crippen molar-refractivity contribution >= 4 is 16.3 Å². The lowest BCUT2D eigenvalue weighted by atomic mass is 10.2. The molecule has 0 bridgehead atoms. The van der Waals surface area contributed by atoms with Crippen molar-refractivity contribution in [3.8, 4) is 0 Å². The highest BCUT2D eigenvalue weighted by atomic mass is 32.2. The van der Waals surface area contributed by atoms with Crippen LogP contribution in [0, 0.1) is 0 Å². The van der Waals surface area contributed by atoms with Gasteiger partial charge in [0.1, 0.15) is 6.61 Å². The first-order valence-corrected chi connectivity index (χ1v) is 8.01. The second kappa shape index (κ2) is 5.78. The van der Waals surface area contributed by atoms with Crippen LogP contribution < -0.4 is 10.0 Å². The minimum Gasteiger partial charge on any atom is -0.444 e. The highest BCUT2D eigenvalue weighted by Gasteiger charge is 2.23. The molecule has 0 spiro atoms. The van der Waals surface area contributed by atoms with Gasteiger partial charge in [-0.25, -0.2) is 4.79 Å². The molecule has 0 saturated carbocycles. The van der Waals surface area contributed by atoms with E-state index in [-0.39, 0.29) is 6.61 Å². The molecule has 2 N–H and O–H groups in total. The fourth-order valence-corrected chi connectivity index (χ4v) is 2.89. The molecule has 0 atom stereocenters. The molecule has 9 heteroatoms. The van der Waals surface area contributed by atoms with Crippen LogP contribution in [0.3, 0.4) is 0 Å². The van der Waals surface area contributed by atoms with Crippen molar-refractivity contribution in [2.45, 2.75) is 19.7 Å². The monoisotopic (exact) mass is 322 g/mol. The zero-order valence-corrected chi connectivity index (χ0v) is 12.3. The van der Waals surface area contributed by atoms with Gasteiger partial charge in [-0.15, -0.1) is 4.09 Å². The maximum Gasteiger partial charge on any atom is 0.422 e. The molecule has 2 aromatic rings. The fraction of sp³-hybridized carbons (Fsp3) is 0.231. The summed E-state index contributed by atoms with van der Waals surface area (Å²) in [5, 5.41) is 6.97. The van der Waals surface area contributed by atoms with Crippen LogP contribution in [-0.2, 0) is 34.6 Å². The van der Waals surface area contributed by atoms with E-state index in [2.05, 4.69) is 10.4 Å². The van der Waals surface area contributed by atoms with Crippen LogP contribution in [0.1, 0.15) is 16.8 Å². The topological polar surface area (TPSA) is 102 Å². The Kier molecular flexibility index (Phi) is 3.82. The first-order valence-electron chi connectivity index (χ1n) is 6.57. The lowest BCUT2D eigenvalue weighted by Gasteiger charge is -2.08. The van der Waals surface area contributed by atoms with Crippen molar-refractivity contribution in [1.29, 1.82) is 0 Å². The summed E-state index contributed by atoms with van der Waals surface area (Å²) in [6.45, 7) is 1.06. The highest BCUT2D eigenvalue weighted by molar-refractivity contribution is 7.88. The van der Waals surface area contributed by atoms with Gasteiger partial charge in [-0.05, 0) is 5.56 Å². The average molecular weight is 322 g/mol. The summed E-state index contributed by atoms with van der Waals surface area (Å²) in [6.07, 6.45) is 0.333. The molecule has 1 aliphatic rings. The van der Waals surface area contributed by atoms with E-state index in [1.165, 1.54) is 6.20 Å². The van der Waals surface area contributed by atoms with Gasteiger partial charge >= 0.3 is 16.3 Å². The minimum absolute atomic E-state index is 0.0122. The van der Waals surface area contributed by atoms with Gasteiger partial charge in [0.05, 0.1) is 5.69 Å². The molecule has 0 saturated heterocycles. The fourth-order valence-electron chi connectivity index (χ4n) is 2.06. The number of benzene rings is 1. The molecular weight excluding hydrogens is 308 g/mol. The summed E-state index contributed by atoms with van der Waals surface area (Å²) in [5.41, 5.74) is 2.21. The van der Waals surface area contributed by atoms with Crippen LogP contribution in [0.25, 0.3) is 0 Å². The Hall–Kier alpha value is -2.39. The van der Waals surface area contributed by atoms with Gasteiger partial charge in [0.25, 0.3) is 0 Å². The number of nitrogens with one attached hydrogen (secondary N) is 2. The van der Waals surface area contributed by atoms with Crippen LogP contribution in [0.15, 0.2) is 36.5 Å². The molecule has 0 fully saturated rings. The smallest absolute Gasteiger partial charge is 0.422 e. The second-order valence-corrected chi connectivity index (χ2v) is 6.27. The van der Waals surface area contributed by atoms with E-state index in [0.717, 1.165) is 15.2 Å². The molecule has 0 radical (unpaired) electrons. The molecule has 8 nitrogen and oxygen atoms in total. The van der Waals surface area contributed by atoms with Crippen LogP contribution in [0.4, 0.5) is 4.79 Å². The Labute approximate surface area is 127 Å². The zero-order chi connectivity index (χ0) is 15.6. The van der Waals surface area contributed by atoms with E-state index in [9.17, 15) is 13.2 Å². The van der Waals surface area contributed by atoms with Crippen LogP contribution in [-0.4, -0.2) is 23.7 Å². The molecule has 1 aromatic carbocycles. The van der Waals surface area contributed by atoms with Crippen molar-refractivity contribution in [2.24, 2.45) is 0 Å². The number of ether oxygens (including phenoxy) is 1. The number of nitrogens with zero attached hydrogens (tertiary/aromatic N) is 2. The molecule has 1 aromatic heterocycles. The number of hydrogen-bond acceptors (Lipinski definition) is 6. The highest BCUT2D eigenvalue weighted by Crippen LogP contribution is 2.13. The quantitative estimate of drug-likeness (QED) is 0.850. The van der Waals surface area contributed by atoms with E-state index < -0.39 is 16.3 Å².